The van der Waals surface area contributed by atoms with Gasteiger partial charge in [0.2, 0.25) is 0 Å². The van der Waals surface area contributed by atoms with Crippen LogP contribution in [0, 0.1) is 11.3 Å². The smallest absolute Gasteiger partial charge is 0.0997 e. The first kappa shape index (κ1) is 12.1. The van der Waals surface area contributed by atoms with Gasteiger partial charge in [-0.15, -0.1) is 0 Å². The highest BCUT2D eigenvalue weighted by molar-refractivity contribution is 5.58. The molecule has 0 aliphatic rings. The van der Waals surface area contributed by atoms with Gasteiger partial charge in [0.05, 0.1) is 11.6 Å². The van der Waals surface area contributed by atoms with E-state index in [0.29, 0.717) is 11.5 Å². The van der Waals surface area contributed by atoms with Crippen LogP contribution >= 0.6 is 0 Å². The normalized spacial score (nSPS) is 12.2. The third-order valence-electron chi connectivity index (χ3n) is 2.97. The van der Waals surface area contributed by atoms with Gasteiger partial charge in [0.25, 0.3) is 0 Å². The first-order chi connectivity index (χ1) is 8.81. The molecular formula is C17H15N. The van der Waals surface area contributed by atoms with Crippen molar-refractivity contribution in [1.82, 2.24) is 0 Å². The predicted molar refractivity (Wildman–Crippen MR) is 75.0 cm³/mol. The lowest BCUT2D eigenvalue weighted by atomic mass is 9.99. The van der Waals surface area contributed by atoms with E-state index in [1.165, 1.54) is 5.56 Å². The van der Waals surface area contributed by atoms with Crippen LogP contribution in [0.4, 0.5) is 0 Å². The Labute approximate surface area is 108 Å². The molecule has 88 valence electrons. The maximum absolute atomic E-state index is 9.02. The molecule has 0 saturated heterocycles. The van der Waals surface area contributed by atoms with Gasteiger partial charge in [-0.1, -0.05) is 67.6 Å². The van der Waals surface area contributed by atoms with Crippen LogP contribution in [0.2, 0.25) is 0 Å². The summed E-state index contributed by atoms with van der Waals surface area (Å²) in [5.41, 5.74) is 2.97. The Kier molecular flexibility index (Phi) is 3.94. The van der Waals surface area contributed by atoms with Crippen molar-refractivity contribution in [2.75, 3.05) is 0 Å². The molecule has 0 aliphatic heterocycles. The molecule has 0 aromatic heterocycles. The Morgan fingerprint density at radius 2 is 1.67 bits per heavy atom. The average molecular weight is 233 g/mol. The van der Waals surface area contributed by atoms with E-state index in [1.54, 1.807) is 0 Å². The molecule has 2 rings (SSSR count). The zero-order chi connectivity index (χ0) is 12.8. The summed E-state index contributed by atoms with van der Waals surface area (Å²) in [4.78, 5) is 0. The van der Waals surface area contributed by atoms with Gasteiger partial charge in [0.15, 0.2) is 0 Å². The lowest BCUT2D eigenvalue weighted by Crippen LogP contribution is -1.88. The number of hydrogen-bond acceptors (Lipinski definition) is 1. The van der Waals surface area contributed by atoms with Crippen molar-refractivity contribution in [3.8, 4) is 6.07 Å². The fourth-order valence-electron chi connectivity index (χ4n) is 1.86. The van der Waals surface area contributed by atoms with Crippen molar-refractivity contribution in [2.45, 2.75) is 12.8 Å². The zero-order valence-electron chi connectivity index (χ0n) is 10.4. The van der Waals surface area contributed by atoms with E-state index in [2.05, 4.69) is 31.2 Å². The van der Waals surface area contributed by atoms with E-state index in [1.807, 2.05) is 48.5 Å². The molecule has 0 aliphatic carbocycles. The fraction of sp³-hybridized carbons (Fsp3) is 0.118. The second-order valence-corrected chi connectivity index (χ2v) is 4.26. The van der Waals surface area contributed by atoms with E-state index >= 15 is 0 Å². The van der Waals surface area contributed by atoms with Crippen molar-refractivity contribution in [2.24, 2.45) is 0 Å². The van der Waals surface area contributed by atoms with Crippen LogP contribution in [0.3, 0.4) is 0 Å². The Morgan fingerprint density at radius 1 is 1.00 bits per heavy atom. The van der Waals surface area contributed by atoms with E-state index in [-0.39, 0.29) is 0 Å². The molecule has 0 N–H and O–H groups in total. The van der Waals surface area contributed by atoms with Crippen molar-refractivity contribution in [3.05, 3.63) is 77.4 Å². The Balaban J connectivity index is 2.19. The van der Waals surface area contributed by atoms with Crippen LogP contribution in [0.15, 0.2) is 60.7 Å². The van der Waals surface area contributed by atoms with Gasteiger partial charge in [-0.2, -0.15) is 5.26 Å². The van der Waals surface area contributed by atoms with Crippen LogP contribution < -0.4 is 0 Å². The second-order valence-electron chi connectivity index (χ2n) is 4.26. The van der Waals surface area contributed by atoms with E-state index in [0.717, 1.165) is 5.56 Å². The largest absolute Gasteiger partial charge is 0.192 e. The van der Waals surface area contributed by atoms with E-state index < -0.39 is 0 Å². The average Bonchev–Trinajstić information content (AvgIpc) is 2.46. The van der Waals surface area contributed by atoms with Crippen LogP contribution in [0.1, 0.15) is 29.5 Å². The molecule has 0 radical (unpaired) electrons. The number of hydrogen-bond donors (Lipinski definition) is 0. The van der Waals surface area contributed by atoms with Crippen LogP contribution in [0.5, 0.6) is 0 Å². The highest BCUT2D eigenvalue weighted by Gasteiger charge is 2.01. The van der Waals surface area contributed by atoms with Crippen molar-refractivity contribution < 1.29 is 0 Å². The summed E-state index contributed by atoms with van der Waals surface area (Å²) in [5, 5.41) is 9.02. The van der Waals surface area contributed by atoms with Gasteiger partial charge in [-0.3, -0.25) is 0 Å². The van der Waals surface area contributed by atoms with Crippen molar-refractivity contribution in [3.63, 3.8) is 0 Å². The Hall–Kier alpha value is -2.33. The third kappa shape index (κ3) is 2.87. The minimum atomic E-state index is 0.345. The molecule has 0 fully saturated rings. The molecule has 0 heterocycles. The quantitative estimate of drug-likeness (QED) is 0.772. The first-order valence-electron chi connectivity index (χ1n) is 6.03. The molecular weight excluding hydrogens is 218 g/mol. The van der Waals surface area contributed by atoms with Gasteiger partial charge in [0.1, 0.15) is 0 Å². The minimum Gasteiger partial charge on any atom is -0.192 e. The summed E-state index contributed by atoms with van der Waals surface area (Å²) in [6.07, 6.45) is 4.15. The minimum absolute atomic E-state index is 0.345. The summed E-state index contributed by atoms with van der Waals surface area (Å²) in [6.45, 7) is 2.15. The number of allylic oxidation sites excluding steroid dienone is 1. The number of nitriles is 1. The van der Waals surface area contributed by atoms with Gasteiger partial charge in [-0.05, 0) is 23.1 Å². The summed E-state index contributed by atoms with van der Waals surface area (Å²) in [7, 11) is 0. The summed E-state index contributed by atoms with van der Waals surface area (Å²) < 4.78 is 0. The van der Waals surface area contributed by atoms with Crippen molar-refractivity contribution in [1.29, 1.82) is 5.26 Å². The molecule has 0 spiro atoms. The molecule has 1 heteroatoms. The molecule has 2 aromatic carbocycles. The lowest BCUT2D eigenvalue weighted by molar-refractivity contribution is 0.973. The zero-order valence-corrected chi connectivity index (χ0v) is 10.4. The second kappa shape index (κ2) is 5.84. The lowest BCUT2D eigenvalue weighted by Gasteiger charge is -2.06. The van der Waals surface area contributed by atoms with Gasteiger partial charge < -0.3 is 0 Å². The standard InChI is InChI=1S/C17H15N/c1-14(15-7-3-2-4-8-15)11-12-16-9-5-6-10-17(16)13-18/h2-12,14H,1H3. The maximum Gasteiger partial charge on any atom is 0.0997 e. The summed E-state index contributed by atoms with van der Waals surface area (Å²) in [6, 6.07) is 20.2. The van der Waals surface area contributed by atoms with Gasteiger partial charge in [-0.25, -0.2) is 0 Å². The summed E-state index contributed by atoms with van der Waals surface area (Å²) >= 11 is 0. The van der Waals surface area contributed by atoms with Gasteiger partial charge in [0, 0.05) is 0 Å². The Bertz CT molecular complexity index is 576. The number of benzene rings is 2. The molecule has 1 nitrogen and oxygen atoms in total. The maximum atomic E-state index is 9.02. The Morgan fingerprint density at radius 3 is 2.39 bits per heavy atom. The number of rotatable bonds is 3. The number of nitrogens with zero attached hydrogens (tertiary/aromatic N) is 1. The molecule has 1 unspecified atom stereocenters. The fourth-order valence-corrected chi connectivity index (χ4v) is 1.86. The molecule has 0 bridgehead atoms. The highest BCUT2D eigenvalue weighted by atomic mass is 14.2. The topological polar surface area (TPSA) is 23.8 Å². The van der Waals surface area contributed by atoms with E-state index in [9.17, 15) is 0 Å². The highest BCUT2D eigenvalue weighted by Crippen LogP contribution is 2.18. The van der Waals surface area contributed by atoms with Crippen LogP contribution in [-0.2, 0) is 0 Å². The van der Waals surface area contributed by atoms with Crippen LogP contribution in [0.25, 0.3) is 6.08 Å². The van der Waals surface area contributed by atoms with Gasteiger partial charge >= 0.3 is 0 Å². The predicted octanol–water partition coefficient (Wildman–Crippen LogP) is 4.38. The SMILES string of the molecule is CC(C=Cc1ccccc1C#N)c1ccccc1. The molecule has 1 atom stereocenters. The van der Waals surface area contributed by atoms with Crippen molar-refractivity contribution >= 4 is 6.08 Å². The molecule has 2 aromatic rings. The first-order valence-corrected chi connectivity index (χ1v) is 6.03. The monoisotopic (exact) mass is 233 g/mol. The molecule has 18 heavy (non-hydrogen) atoms. The molecule has 0 amide bonds. The molecule has 0 saturated carbocycles. The van der Waals surface area contributed by atoms with E-state index in [4.69, 9.17) is 5.26 Å². The summed E-state index contributed by atoms with van der Waals surface area (Å²) in [5.74, 6) is 0.345. The van der Waals surface area contributed by atoms with Crippen LogP contribution in [-0.4, -0.2) is 0 Å². The third-order valence-corrected chi connectivity index (χ3v) is 2.97.